The molecular weight excluding hydrogens is 430 g/mol. The highest BCUT2D eigenvalue weighted by Crippen LogP contribution is 2.41. The number of nitrogens with zero attached hydrogens (tertiary/aromatic N) is 4. The number of hydrogen-bond donors (Lipinski definition) is 1. The van der Waals surface area contributed by atoms with Gasteiger partial charge in [0.1, 0.15) is 5.82 Å². The molecule has 1 N–H and O–H groups in total. The summed E-state index contributed by atoms with van der Waals surface area (Å²) in [6.07, 6.45) is 3.13. The van der Waals surface area contributed by atoms with E-state index in [4.69, 9.17) is 0 Å². The number of hydrogen-bond acceptors (Lipinski definition) is 6. The second-order valence-electron chi connectivity index (χ2n) is 7.90. The van der Waals surface area contributed by atoms with Gasteiger partial charge in [0.15, 0.2) is 5.16 Å². The third-order valence-electron chi connectivity index (χ3n) is 5.51. The maximum absolute atomic E-state index is 12.9. The molecule has 2 amide bonds. The number of fused-ring (bicyclic) bond motifs is 1. The minimum absolute atomic E-state index is 0.112. The van der Waals surface area contributed by atoms with Crippen LogP contribution in [-0.2, 0) is 22.6 Å². The molecule has 9 heteroatoms. The lowest BCUT2D eigenvalue weighted by molar-refractivity contribution is -0.129. The third kappa shape index (κ3) is 4.38. The van der Waals surface area contributed by atoms with E-state index >= 15 is 0 Å². The predicted molar refractivity (Wildman–Crippen MR) is 122 cm³/mol. The van der Waals surface area contributed by atoms with E-state index in [2.05, 4.69) is 27.0 Å². The van der Waals surface area contributed by atoms with Gasteiger partial charge < -0.3 is 10.2 Å². The van der Waals surface area contributed by atoms with Gasteiger partial charge in [-0.15, -0.1) is 21.5 Å². The van der Waals surface area contributed by atoms with Crippen molar-refractivity contribution >= 4 is 40.6 Å². The lowest BCUT2D eigenvalue weighted by atomic mass is 10.1. The van der Waals surface area contributed by atoms with Gasteiger partial charge in [-0.05, 0) is 54.5 Å². The van der Waals surface area contributed by atoms with Crippen molar-refractivity contribution in [3.8, 4) is 5.69 Å². The fourth-order valence-corrected chi connectivity index (χ4v) is 5.58. The number of carbonyl (C=O) groups is 2. The zero-order valence-electron chi connectivity index (χ0n) is 17.2. The van der Waals surface area contributed by atoms with Gasteiger partial charge in [-0.1, -0.05) is 17.8 Å². The molecule has 1 aliphatic heterocycles. The molecule has 7 nitrogen and oxygen atoms in total. The zero-order chi connectivity index (χ0) is 21.4. The first-order valence-corrected chi connectivity index (χ1v) is 12.2. The van der Waals surface area contributed by atoms with Crippen LogP contribution < -0.4 is 5.32 Å². The lowest BCUT2D eigenvalue weighted by Crippen LogP contribution is -2.36. The number of anilines is 1. The topological polar surface area (TPSA) is 80.1 Å². The SMILES string of the molecule is CC(=O)Nc1cccc(-n2c(SCC(=O)N3CCc4sccc4C3)nnc2C2CC2)c1. The van der Waals surface area contributed by atoms with Crippen LogP contribution in [0, 0.1) is 0 Å². The molecule has 31 heavy (non-hydrogen) atoms. The Balaban J connectivity index is 1.34. The van der Waals surface area contributed by atoms with Gasteiger partial charge in [0.05, 0.1) is 11.4 Å². The molecule has 1 aromatic carbocycles. The Bertz CT molecular complexity index is 1130. The largest absolute Gasteiger partial charge is 0.337 e. The standard InChI is InChI=1S/C22H23N5O2S2/c1-14(28)23-17-3-2-4-18(11-17)27-21(15-5-6-15)24-25-22(27)31-13-20(29)26-9-7-19-16(12-26)8-10-30-19/h2-4,8,10-11,15H,5-7,9,12-13H2,1H3,(H,23,28). The minimum Gasteiger partial charge on any atom is -0.337 e. The number of benzene rings is 1. The summed E-state index contributed by atoms with van der Waals surface area (Å²) in [6.45, 7) is 2.95. The van der Waals surface area contributed by atoms with E-state index in [0.717, 1.165) is 43.0 Å². The monoisotopic (exact) mass is 453 g/mol. The molecule has 1 fully saturated rings. The Morgan fingerprint density at radius 3 is 2.94 bits per heavy atom. The van der Waals surface area contributed by atoms with Crippen LogP contribution in [0.4, 0.5) is 5.69 Å². The molecule has 0 saturated heterocycles. The van der Waals surface area contributed by atoms with Gasteiger partial charge in [0.2, 0.25) is 11.8 Å². The quantitative estimate of drug-likeness (QED) is 0.574. The smallest absolute Gasteiger partial charge is 0.233 e. The van der Waals surface area contributed by atoms with Crippen LogP contribution in [0.1, 0.15) is 41.9 Å². The van der Waals surface area contributed by atoms with Crippen molar-refractivity contribution in [2.24, 2.45) is 0 Å². The van der Waals surface area contributed by atoms with Crippen LogP contribution in [0.15, 0.2) is 40.9 Å². The summed E-state index contributed by atoms with van der Waals surface area (Å²) in [5.41, 5.74) is 2.89. The van der Waals surface area contributed by atoms with Crippen LogP contribution in [-0.4, -0.2) is 43.8 Å². The zero-order valence-corrected chi connectivity index (χ0v) is 18.8. The van der Waals surface area contributed by atoms with Gasteiger partial charge in [-0.25, -0.2) is 0 Å². The first-order chi connectivity index (χ1) is 15.1. The molecule has 3 aromatic rings. The number of aromatic nitrogens is 3. The van der Waals surface area contributed by atoms with Gasteiger partial charge in [0, 0.05) is 36.5 Å². The van der Waals surface area contributed by atoms with Crippen molar-refractivity contribution in [1.29, 1.82) is 0 Å². The van der Waals surface area contributed by atoms with E-state index in [1.165, 1.54) is 29.1 Å². The van der Waals surface area contributed by atoms with Crippen molar-refractivity contribution in [1.82, 2.24) is 19.7 Å². The first-order valence-electron chi connectivity index (χ1n) is 10.4. The fraction of sp³-hybridized carbons (Fsp3) is 0.364. The van der Waals surface area contributed by atoms with Gasteiger partial charge in [0.25, 0.3) is 0 Å². The normalized spacial score (nSPS) is 15.6. The molecular formula is C22H23N5O2S2. The summed E-state index contributed by atoms with van der Waals surface area (Å²) in [5, 5.41) is 14.5. The number of carbonyl (C=O) groups excluding carboxylic acids is 2. The predicted octanol–water partition coefficient (Wildman–Crippen LogP) is 3.84. The molecule has 3 heterocycles. The molecule has 0 spiro atoms. The van der Waals surface area contributed by atoms with Crippen LogP contribution >= 0.6 is 23.1 Å². The van der Waals surface area contributed by atoms with Crippen LogP contribution in [0.2, 0.25) is 0 Å². The average molecular weight is 454 g/mol. The van der Waals surface area contributed by atoms with E-state index in [-0.39, 0.29) is 11.8 Å². The Hall–Kier alpha value is -2.65. The summed E-state index contributed by atoms with van der Waals surface area (Å²) < 4.78 is 2.04. The molecule has 1 aliphatic carbocycles. The van der Waals surface area contributed by atoms with E-state index in [0.29, 0.717) is 23.4 Å². The molecule has 2 aromatic heterocycles. The Morgan fingerprint density at radius 2 is 2.13 bits per heavy atom. The Kier molecular flexibility index (Phi) is 5.54. The fourth-order valence-electron chi connectivity index (χ4n) is 3.83. The molecule has 1 saturated carbocycles. The van der Waals surface area contributed by atoms with Crippen molar-refractivity contribution in [3.63, 3.8) is 0 Å². The van der Waals surface area contributed by atoms with E-state index in [9.17, 15) is 9.59 Å². The van der Waals surface area contributed by atoms with Gasteiger partial charge in [-0.2, -0.15) is 0 Å². The second kappa shape index (κ2) is 8.47. The lowest BCUT2D eigenvalue weighted by Gasteiger charge is -2.26. The van der Waals surface area contributed by atoms with Crippen LogP contribution in [0.5, 0.6) is 0 Å². The third-order valence-corrected chi connectivity index (χ3v) is 7.45. The van der Waals surface area contributed by atoms with Crippen LogP contribution in [0.25, 0.3) is 5.69 Å². The Morgan fingerprint density at radius 1 is 1.26 bits per heavy atom. The number of nitrogens with one attached hydrogen (secondary N) is 1. The summed E-state index contributed by atoms with van der Waals surface area (Å²) in [6, 6.07) is 9.79. The number of thioether (sulfide) groups is 1. The summed E-state index contributed by atoms with van der Waals surface area (Å²) in [4.78, 5) is 27.7. The summed E-state index contributed by atoms with van der Waals surface area (Å²) >= 11 is 3.20. The molecule has 0 atom stereocenters. The first kappa shape index (κ1) is 20.3. The number of amides is 2. The number of thiophene rings is 1. The van der Waals surface area contributed by atoms with Gasteiger partial charge in [-0.3, -0.25) is 14.2 Å². The van der Waals surface area contributed by atoms with Crippen LogP contribution in [0.3, 0.4) is 0 Å². The molecule has 5 rings (SSSR count). The minimum atomic E-state index is -0.112. The van der Waals surface area contributed by atoms with Gasteiger partial charge >= 0.3 is 0 Å². The van der Waals surface area contributed by atoms with Crippen molar-refractivity contribution in [3.05, 3.63) is 52.0 Å². The summed E-state index contributed by atoms with van der Waals surface area (Å²) in [7, 11) is 0. The summed E-state index contributed by atoms with van der Waals surface area (Å²) in [5.74, 6) is 1.67. The maximum Gasteiger partial charge on any atom is 0.233 e. The molecule has 160 valence electrons. The van der Waals surface area contributed by atoms with Crippen molar-refractivity contribution in [2.75, 3.05) is 17.6 Å². The number of rotatable bonds is 6. The van der Waals surface area contributed by atoms with Crippen molar-refractivity contribution < 1.29 is 9.59 Å². The second-order valence-corrected chi connectivity index (χ2v) is 9.85. The van der Waals surface area contributed by atoms with E-state index in [1.54, 1.807) is 11.3 Å². The van der Waals surface area contributed by atoms with Crippen molar-refractivity contribution in [2.45, 2.75) is 43.8 Å². The Labute approximate surface area is 188 Å². The highest BCUT2D eigenvalue weighted by atomic mass is 32.2. The molecule has 0 unspecified atom stereocenters. The average Bonchev–Trinajstić information content (AvgIpc) is 3.34. The molecule has 2 aliphatic rings. The highest BCUT2D eigenvalue weighted by molar-refractivity contribution is 7.99. The highest BCUT2D eigenvalue weighted by Gasteiger charge is 2.31. The molecule has 0 bridgehead atoms. The van der Waals surface area contributed by atoms with E-state index in [1.807, 2.05) is 33.7 Å². The molecule has 0 radical (unpaired) electrons. The maximum atomic E-state index is 12.9. The van der Waals surface area contributed by atoms with E-state index < -0.39 is 0 Å².